The predicted octanol–water partition coefficient (Wildman–Crippen LogP) is 2.16. The summed E-state index contributed by atoms with van der Waals surface area (Å²) in [5, 5.41) is 22.8. The van der Waals surface area contributed by atoms with Gasteiger partial charge < -0.3 is 19.7 Å². The quantitative estimate of drug-likeness (QED) is 0.563. The van der Waals surface area contributed by atoms with Crippen LogP contribution in [0.4, 0.5) is 0 Å². The molecule has 0 bridgehead atoms. The first-order valence-electron chi connectivity index (χ1n) is 9.74. The summed E-state index contributed by atoms with van der Waals surface area (Å²) in [4.78, 5) is 25.1. The van der Waals surface area contributed by atoms with Crippen molar-refractivity contribution in [3.05, 3.63) is 12.7 Å². The maximum absolute atomic E-state index is 13.3. The maximum Gasteiger partial charge on any atom is 0.302 e. The first kappa shape index (κ1) is 20.5. The summed E-state index contributed by atoms with van der Waals surface area (Å²) in [6.45, 7) is 12.7. The molecule has 2 saturated carbocycles. The average molecular weight is 380 g/mol. The van der Waals surface area contributed by atoms with Crippen LogP contribution in [0.15, 0.2) is 12.7 Å². The standard InChI is InChI=1S/C21H32O6/c1-7-19(5)11-15(24)21(25)16(27-19)10-13(26-12(2)22)17-18(3,4)9-8-14(23)20(17,21)6/h7,13-14,16-17,23,25H,1,8-11H2,2-6H3/t13-,14+,16-,17?,19+,20+,21-/m1/s1. The minimum atomic E-state index is -1.84. The molecule has 0 radical (unpaired) electrons. The monoisotopic (exact) mass is 380 g/mol. The van der Waals surface area contributed by atoms with Gasteiger partial charge in [-0.25, -0.2) is 0 Å². The highest BCUT2D eigenvalue weighted by atomic mass is 16.6. The molecule has 0 aromatic carbocycles. The van der Waals surface area contributed by atoms with Crippen LogP contribution in [-0.4, -0.2) is 51.5 Å². The van der Waals surface area contributed by atoms with Crippen LogP contribution >= 0.6 is 0 Å². The summed E-state index contributed by atoms with van der Waals surface area (Å²) in [6.07, 6.45) is 0.626. The third-order valence-electron chi connectivity index (χ3n) is 7.44. The Morgan fingerprint density at radius 3 is 2.52 bits per heavy atom. The molecule has 0 amide bonds. The number of carbonyl (C=O) groups excluding carboxylic acids is 2. The molecule has 2 aliphatic carbocycles. The van der Waals surface area contributed by atoms with Gasteiger partial charge in [-0.2, -0.15) is 0 Å². The lowest BCUT2D eigenvalue weighted by atomic mass is 9.43. The molecule has 27 heavy (non-hydrogen) atoms. The first-order chi connectivity index (χ1) is 12.3. The molecule has 0 aromatic rings. The Kier molecular flexibility index (Phi) is 4.65. The molecular weight excluding hydrogens is 348 g/mol. The van der Waals surface area contributed by atoms with Gasteiger partial charge >= 0.3 is 5.97 Å². The second-order valence-electron chi connectivity index (χ2n) is 9.68. The number of carbonyl (C=O) groups is 2. The molecule has 1 unspecified atom stereocenters. The lowest BCUT2D eigenvalue weighted by molar-refractivity contribution is -0.309. The summed E-state index contributed by atoms with van der Waals surface area (Å²) < 4.78 is 11.8. The van der Waals surface area contributed by atoms with Crippen LogP contribution in [0, 0.1) is 16.7 Å². The van der Waals surface area contributed by atoms with E-state index in [1.165, 1.54) is 6.92 Å². The zero-order valence-electron chi connectivity index (χ0n) is 16.9. The summed E-state index contributed by atoms with van der Waals surface area (Å²) in [6, 6.07) is 0. The van der Waals surface area contributed by atoms with E-state index in [1.54, 1.807) is 19.9 Å². The minimum Gasteiger partial charge on any atom is -0.462 e. The fourth-order valence-electron chi connectivity index (χ4n) is 6.11. The molecule has 7 atom stereocenters. The van der Waals surface area contributed by atoms with Gasteiger partial charge in [-0.3, -0.25) is 9.59 Å². The molecule has 2 N–H and O–H groups in total. The van der Waals surface area contributed by atoms with Crippen LogP contribution in [0.1, 0.15) is 60.3 Å². The maximum atomic E-state index is 13.3. The van der Waals surface area contributed by atoms with Gasteiger partial charge in [0.25, 0.3) is 0 Å². The Morgan fingerprint density at radius 2 is 1.96 bits per heavy atom. The lowest BCUT2D eigenvalue weighted by Gasteiger charge is -2.66. The molecular formula is C21H32O6. The number of esters is 1. The van der Waals surface area contributed by atoms with E-state index in [9.17, 15) is 19.8 Å². The molecule has 0 aromatic heterocycles. The number of fused-ring (bicyclic) bond motifs is 3. The Hall–Kier alpha value is -1.24. The van der Waals surface area contributed by atoms with E-state index in [1.807, 2.05) is 13.8 Å². The summed E-state index contributed by atoms with van der Waals surface area (Å²) in [5.74, 6) is -1.14. The van der Waals surface area contributed by atoms with Crippen LogP contribution in [0.2, 0.25) is 0 Å². The van der Waals surface area contributed by atoms with E-state index in [4.69, 9.17) is 9.47 Å². The van der Waals surface area contributed by atoms with E-state index in [2.05, 4.69) is 6.58 Å². The molecule has 3 rings (SSSR count). The molecule has 3 aliphatic rings. The Labute approximate surface area is 160 Å². The molecule has 6 nitrogen and oxygen atoms in total. The zero-order chi connectivity index (χ0) is 20.4. The van der Waals surface area contributed by atoms with Gasteiger partial charge in [0.2, 0.25) is 0 Å². The third kappa shape index (κ3) is 2.71. The highest BCUT2D eigenvalue weighted by molar-refractivity contribution is 5.91. The second kappa shape index (κ2) is 6.13. The molecule has 1 aliphatic heterocycles. The SMILES string of the molecule is C=C[C@@]1(C)CC(=O)[C@@]2(O)[C@@H](C[C@@H](OC(C)=O)C3C(C)(C)CC[C@H](O)[C@@]32C)O1. The molecule has 6 heteroatoms. The van der Waals surface area contributed by atoms with E-state index >= 15 is 0 Å². The van der Waals surface area contributed by atoms with Crippen molar-refractivity contribution in [1.29, 1.82) is 0 Å². The minimum absolute atomic E-state index is 0.00279. The van der Waals surface area contributed by atoms with Crippen molar-refractivity contribution in [3.8, 4) is 0 Å². The van der Waals surface area contributed by atoms with Crippen molar-refractivity contribution in [2.45, 2.75) is 89.8 Å². The number of ether oxygens (including phenoxy) is 2. The largest absolute Gasteiger partial charge is 0.462 e. The Bertz CT molecular complexity index is 672. The number of hydrogen-bond donors (Lipinski definition) is 2. The van der Waals surface area contributed by atoms with E-state index in [0.717, 1.165) is 0 Å². The zero-order valence-corrected chi connectivity index (χ0v) is 16.9. The fraction of sp³-hybridized carbons (Fsp3) is 0.810. The second-order valence-corrected chi connectivity index (χ2v) is 9.68. The average Bonchev–Trinajstić information content (AvgIpc) is 2.54. The fourth-order valence-corrected chi connectivity index (χ4v) is 6.11. The third-order valence-corrected chi connectivity index (χ3v) is 7.44. The van der Waals surface area contributed by atoms with Crippen molar-refractivity contribution in [3.63, 3.8) is 0 Å². The van der Waals surface area contributed by atoms with Crippen molar-refractivity contribution < 1.29 is 29.3 Å². The number of aliphatic hydroxyl groups is 2. The van der Waals surface area contributed by atoms with Crippen molar-refractivity contribution in [2.24, 2.45) is 16.7 Å². The van der Waals surface area contributed by atoms with Crippen LogP contribution in [0.25, 0.3) is 0 Å². The molecule has 1 heterocycles. The molecule has 3 fully saturated rings. The van der Waals surface area contributed by atoms with Gasteiger partial charge in [0.15, 0.2) is 11.4 Å². The topological polar surface area (TPSA) is 93.1 Å². The van der Waals surface area contributed by atoms with Gasteiger partial charge in [0.1, 0.15) is 6.10 Å². The highest BCUT2D eigenvalue weighted by Crippen LogP contribution is 2.64. The van der Waals surface area contributed by atoms with Crippen molar-refractivity contribution >= 4 is 11.8 Å². The Morgan fingerprint density at radius 1 is 1.33 bits per heavy atom. The number of aliphatic hydroxyl groups excluding tert-OH is 1. The smallest absolute Gasteiger partial charge is 0.302 e. The van der Waals surface area contributed by atoms with Gasteiger partial charge in [0.05, 0.1) is 17.8 Å². The van der Waals surface area contributed by atoms with Crippen molar-refractivity contribution in [2.75, 3.05) is 0 Å². The first-order valence-corrected chi connectivity index (χ1v) is 9.74. The van der Waals surface area contributed by atoms with Crippen LogP contribution in [-0.2, 0) is 19.1 Å². The predicted molar refractivity (Wildman–Crippen MR) is 98.8 cm³/mol. The highest BCUT2D eigenvalue weighted by Gasteiger charge is 2.74. The number of Topliss-reactive ketones (excluding diaryl/α,β-unsaturated/α-hetero) is 1. The van der Waals surface area contributed by atoms with E-state index in [-0.39, 0.29) is 30.0 Å². The number of hydrogen-bond acceptors (Lipinski definition) is 6. The van der Waals surface area contributed by atoms with Gasteiger partial charge in [0, 0.05) is 31.1 Å². The van der Waals surface area contributed by atoms with E-state index < -0.39 is 40.9 Å². The summed E-state index contributed by atoms with van der Waals surface area (Å²) in [7, 11) is 0. The molecule has 0 spiro atoms. The number of ketones is 1. The van der Waals surface area contributed by atoms with Gasteiger partial charge in [-0.05, 0) is 25.2 Å². The summed E-state index contributed by atoms with van der Waals surface area (Å²) in [5.41, 5.74) is -4.24. The van der Waals surface area contributed by atoms with E-state index in [0.29, 0.717) is 12.8 Å². The molecule has 1 saturated heterocycles. The molecule has 152 valence electrons. The van der Waals surface area contributed by atoms with Crippen LogP contribution in [0.3, 0.4) is 0 Å². The van der Waals surface area contributed by atoms with Crippen LogP contribution in [0.5, 0.6) is 0 Å². The van der Waals surface area contributed by atoms with Gasteiger partial charge in [-0.15, -0.1) is 6.58 Å². The summed E-state index contributed by atoms with van der Waals surface area (Å²) >= 11 is 0. The van der Waals surface area contributed by atoms with Gasteiger partial charge in [-0.1, -0.05) is 26.8 Å². The van der Waals surface area contributed by atoms with Crippen molar-refractivity contribution in [1.82, 2.24) is 0 Å². The lowest BCUT2D eigenvalue weighted by Crippen LogP contribution is -2.78. The Balaban J connectivity index is 2.17. The number of rotatable bonds is 2. The normalized spacial score (nSPS) is 48.9. The van der Waals surface area contributed by atoms with Crippen LogP contribution < -0.4 is 0 Å².